The summed E-state index contributed by atoms with van der Waals surface area (Å²) in [6, 6.07) is 18.6. The number of esters is 4. The molecule has 0 unspecified atom stereocenters. The number of aliphatic hydroxyl groups is 3. The van der Waals surface area contributed by atoms with E-state index in [-0.39, 0.29) is 35.3 Å². The van der Waals surface area contributed by atoms with Crippen molar-refractivity contribution in [3.63, 3.8) is 0 Å². The Morgan fingerprint density at radius 1 is 0.821 bits per heavy atom. The molecule has 2 amide bonds. The summed E-state index contributed by atoms with van der Waals surface area (Å²) in [5.74, 6) is -6.52. The number of rotatable bonds is 16. The Balaban J connectivity index is 0.000000266. The number of methoxy groups -OCH3 is 1. The van der Waals surface area contributed by atoms with Crippen LogP contribution in [0.5, 0.6) is 0 Å². The predicted molar refractivity (Wildman–Crippen MR) is 267 cm³/mol. The summed E-state index contributed by atoms with van der Waals surface area (Å²) in [4.78, 5) is 95.3. The van der Waals surface area contributed by atoms with Gasteiger partial charge in [-0.3, -0.25) is 33.4 Å². The number of azide groups is 1. The zero-order chi connectivity index (χ0) is 56.7. The van der Waals surface area contributed by atoms with Crippen LogP contribution in [0.4, 0.5) is 5.69 Å². The molecule has 0 spiro atoms. The Labute approximate surface area is 466 Å². The van der Waals surface area contributed by atoms with E-state index in [1.54, 1.807) is 12.3 Å². The summed E-state index contributed by atoms with van der Waals surface area (Å²) in [5, 5.41) is 59.1. The molecule has 2 aliphatic heterocycles. The minimum absolute atomic E-state index is 0. The fraction of sp³-hybridized carbons (Fsp3) is 0.353. The second kappa shape index (κ2) is 29.0. The number of ether oxygens (including phenoxy) is 6. The van der Waals surface area contributed by atoms with Crippen LogP contribution in [0.15, 0.2) is 108 Å². The summed E-state index contributed by atoms with van der Waals surface area (Å²) in [6.07, 6.45) is -3.87. The molecule has 5 aromatic rings. The van der Waals surface area contributed by atoms with Gasteiger partial charge in [-0.25, -0.2) is 4.79 Å². The molecule has 408 valence electrons. The number of carboxylic acid groups (broad SMARTS) is 1. The first-order valence-corrected chi connectivity index (χ1v) is 23.3. The van der Waals surface area contributed by atoms with E-state index in [1.807, 2.05) is 66.7 Å². The number of aliphatic hydroxyl groups excluding tert-OH is 3. The molecule has 26 nitrogen and oxygen atoms in total. The van der Waals surface area contributed by atoms with Crippen LogP contribution in [0.25, 0.3) is 42.9 Å². The maximum atomic E-state index is 12.0. The molecule has 0 fully saturated rings. The van der Waals surface area contributed by atoms with Gasteiger partial charge in [0.25, 0.3) is 0 Å². The van der Waals surface area contributed by atoms with Crippen molar-refractivity contribution in [1.82, 2.24) is 20.4 Å². The SMILES string of the molecule is CC(=O)N[C@H]1[C@H]([C@H](O)[C@H](O)CO)OC(C(=O)[O-])=C[C@@H]1n1cc2ccc3ccccc3c2n1.COC(=O)C1=C[C@H](N)[C@@H](NC(C)=O)[C@H]([C@H](OC(C)=O)[C@@H](COC(C)=O)OC(C)=O)O1.[N-]=[N+]=Nc1c(C=O)ccc2ccccc12.[Na+]. The topological polar surface area (TPSA) is 392 Å². The Bertz CT molecular complexity index is 3140. The van der Waals surface area contributed by atoms with Gasteiger partial charge in [0.1, 0.15) is 42.2 Å². The number of benzene rings is 4. The molecule has 0 saturated heterocycles. The van der Waals surface area contributed by atoms with Gasteiger partial charge in [-0.15, -0.1) is 0 Å². The van der Waals surface area contributed by atoms with Gasteiger partial charge in [-0.05, 0) is 33.8 Å². The number of hydrogen-bond acceptors (Lipinski definition) is 21. The first kappa shape index (κ1) is 62.6. The van der Waals surface area contributed by atoms with Gasteiger partial charge in [-0.2, -0.15) is 5.10 Å². The van der Waals surface area contributed by atoms with Crippen molar-refractivity contribution in [2.24, 2.45) is 10.8 Å². The third-order valence-corrected chi connectivity index (χ3v) is 11.6. The van der Waals surface area contributed by atoms with Crippen molar-refractivity contribution < 1.29 is 117 Å². The standard InChI is InChI=1S/C22H23N3O7.C18H26N2O10.C11H7N3O.Na/c1-11(27)23-19-15(8-17(22(30)31)32-21(19)20(29)16(28)10-26)25-9-13-7-6-12-4-2-3-5-14(12)18(13)24-25;1-8(21)20-15-12(19)6-13(18(25)26-5)30-17(15)16(29-11(4)24)14(28-10(3)23)7-27-9(2)22;12-14-13-11-9(7-15)6-5-8-3-1-2-4-10(8)11;/h2-9,15-16,19-21,26,28-29H,10H2,1H3,(H,23,27)(H,30,31);6,12,14-17H,7,19H2,1-5H3,(H,20,21);1-7H;/q;;;+1/p-1/t15-,16+,19+,20+,21+;12-,14+,15+,16+,17+;;/m00../s1. The minimum Gasteiger partial charge on any atom is -0.542 e. The molecule has 10 atom stereocenters. The second-order valence-corrected chi connectivity index (χ2v) is 17.2. The van der Waals surface area contributed by atoms with Gasteiger partial charge in [0, 0.05) is 62.1 Å². The maximum Gasteiger partial charge on any atom is 1.00 e. The van der Waals surface area contributed by atoms with Crippen LogP contribution in [0, 0.1) is 0 Å². The second-order valence-electron chi connectivity index (χ2n) is 17.2. The number of nitrogens with two attached hydrogens (primary N) is 1. The van der Waals surface area contributed by atoms with Crippen LogP contribution < -0.4 is 51.0 Å². The first-order valence-electron chi connectivity index (χ1n) is 23.3. The molecule has 27 heteroatoms. The van der Waals surface area contributed by atoms with Crippen molar-refractivity contribution in [2.75, 3.05) is 20.3 Å². The van der Waals surface area contributed by atoms with E-state index >= 15 is 0 Å². The molecular weight excluding hydrogens is 1040 g/mol. The average Bonchev–Trinajstić information content (AvgIpc) is 3.87. The first-order chi connectivity index (χ1) is 36.6. The van der Waals surface area contributed by atoms with Crippen LogP contribution in [-0.2, 0) is 62.0 Å². The number of fused-ring (bicyclic) bond motifs is 4. The molecule has 4 aromatic carbocycles. The van der Waals surface area contributed by atoms with E-state index in [0.717, 1.165) is 54.8 Å². The summed E-state index contributed by atoms with van der Waals surface area (Å²) in [6.45, 7) is 4.55. The molecular formula is C51H55N8NaO18. The number of aromatic nitrogens is 2. The minimum atomic E-state index is -1.70. The zero-order valence-corrected chi connectivity index (χ0v) is 45.2. The van der Waals surface area contributed by atoms with Crippen LogP contribution in [0.2, 0.25) is 0 Å². The van der Waals surface area contributed by atoms with E-state index < -0.39 is 121 Å². The summed E-state index contributed by atoms with van der Waals surface area (Å²) >= 11 is 0. The van der Waals surface area contributed by atoms with Crippen molar-refractivity contribution in [3.05, 3.63) is 119 Å². The molecule has 3 heterocycles. The average molecular weight is 1090 g/mol. The number of carboxylic acids is 1. The Hall–Kier alpha value is -7.94. The Kier molecular flexibility index (Phi) is 23.3. The number of hydrogen-bond donors (Lipinski definition) is 6. The summed E-state index contributed by atoms with van der Waals surface area (Å²) in [5.41, 5.74) is 16.0. The number of amides is 2. The molecule has 7 N–H and O–H groups in total. The molecule has 7 rings (SSSR count). The third-order valence-electron chi connectivity index (χ3n) is 11.6. The van der Waals surface area contributed by atoms with E-state index in [1.165, 1.54) is 30.7 Å². The molecule has 78 heavy (non-hydrogen) atoms. The van der Waals surface area contributed by atoms with Crippen LogP contribution >= 0.6 is 0 Å². The molecule has 0 radical (unpaired) electrons. The Morgan fingerprint density at radius 2 is 1.40 bits per heavy atom. The van der Waals surface area contributed by atoms with Gasteiger partial charge in [0.2, 0.25) is 17.6 Å². The van der Waals surface area contributed by atoms with Crippen LogP contribution in [0.1, 0.15) is 51.0 Å². The third kappa shape index (κ3) is 16.1. The largest absolute Gasteiger partial charge is 1.00 e. The van der Waals surface area contributed by atoms with Crippen molar-refractivity contribution in [2.45, 2.75) is 95.4 Å². The van der Waals surface area contributed by atoms with Gasteiger partial charge in [0.15, 0.2) is 24.6 Å². The molecule has 2 aliphatic rings. The maximum absolute atomic E-state index is 12.0. The predicted octanol–water partition coefficient (Wildman–Crippen LogP) is -1.72. The van der Waals surface area contributed by atoms with Crippen LogP contribution in [-0.4, -0.2) is 148 Å². The number of carbonyl (C=O) groups excluding carboxylic acids is 8. The van der Waals surface area contributed by atoms with Crippen LogP contribution in [0.3, 0.4) is 0 Å². The zero-order valence-electron chi connectivity index (χ0n) is 43.2. The van der Waals surface area contributed by atoms with Crippen molar-refractivity contribution in [3.8, 4) is 0 Å². The van der Waals surface area contributed by atoms with Gasteiger partial charge in [0.05, 0.1) is 43.6 Å². The van der Waals surface area contributed by atoms with E-state index in [2.05, 4.69) is 30.5 Å². The monoisotopic (exact) mass is 1090 g/mol. The quantitative estimate of drug-likeness (QED) is 0.0122. The summed E-state index contributed by atoms with van der Waals surface area (Å²) in [7, 11) is 1.12. The van der Waals surface area contributed by atoms with Gasteiger partial charge in [-0.1, -0.05) is 77.9 Å². The van der Waals surface area contributed by atoms with Crippen molar-refractivity contribution in [1.29, 1.82) is 0 Å². The van der Waals surface area contributed by atoms with E-state index in [9.17, 15) is 58.8 Å². The summed E-state index contributed by atoms with van der Waals surface area (Å²) < 4.78 is 32.5. The van der Waals surface area contributed by atoms with E-state index in [0.29, 0.717) is 23.1 Å². The smallest absolute Gasteiger partial charge is 0.542 e. The number of aliphatic carboxylic acids is 1. The van der Waals surface area contributed by atoms with Gasteiger partial charge >= 0.3 is 53.4 Å². The molecule has 0 aliphatic carbocycles. The number of nitrogens with zero attached hydrogens (tertiary/aromatic N) is 5. The molecule has 0 saturated carbocycles. The molecule has 1 aromatic heterocycles. The number of aldehydes is 1. The fourth-order valence-electron chi connectivity index (χ4n) is 8.34. The van der Waals surface area contributed by atoms with Crippen molar-refractivity contribution >= 4 is 86.1 Å². The fourth-order valence-corrected chi connectivity index (χ4v) is 8.34. The number of nitrogens with one attached hydrogen (secondary N) is 2. The Morgan fingerprint density at radius 3 is 1.96 bits per heavy atom. The molecule has 0 bridgehead atoms. The normalized spacial score (nSPS) is 19.8. The van der Waals surface area contributed by atoms with E-state index in [4.69, 9.17) is 34.9 Å². The number of carbonyl (C=O) groups is 8. The van der Waals surface area contributed by atoms with Gasteiger partial charge < -0.3 is 70.0 Å².